The van der Waals surface area contributed by atoms with Crippen LogP contribution in [0, 0.1) is 0 Å². The molecule has 4 atom stereocenters. The number of fused-ring (bicyclic) bond motifs is 5. The first-order chi connectivity index (χ1) is 15.5. The average molecular weight is 549 g/mol. The van der Waals surface area contributed by atoms with Crippen molar-refractivity contribution in [1.29, 1.82) is 0 Å². The molecule has 0 amide bonds. The molecular formula is C25H26BrNO4S2. The number of carbonyl (C=O) groups excluding carboxylic acids is 1. The van der Waals surface area contributed by atoms with E-state index in [2.05, 4.69) is 31.3 Å². The Bertz CT molecular complexity index is 1050. The van der Waals surface area contributed by atoms with Gasteiger partial charge < -0.3 is 36.0 Å². The summed E-state index contributed by atoms with van der Waals surface area (Å²) in [5, 5.41) is 15.3. The highest BCUT2D eigenvalue weighted by Gasteiger charge is 2.72. The number of thiophene rings is 2. The molecule has 3 aliphatic heterocycles. The fraction of sp³-hybridized carbons (Fsp3) is 0.400. The topological polar surface area (TPSA) is 59.1 Å². The number of piperidine rings is 1. The lowest BCUT2D eigenvalue weighted by Gasteiger charge is -2.48. The maximum absolute atomic E-state index is 13.4. The first kappa shape index (κ1) is 23.2. The number of morpholine rings is 1. The molecule has 6 rings (SSSR count). The Hall–Kier alpha value is -1.55. The van der Waals surface area contributed by atoms with Crippen molar-refractivity contribution in [2.45, 2.75) is 55.4 Å². The fourth-order valence-electron chi connectivity index (χ4n) is 5.89. The van der Waals surface area contributed by atoms with Crippen LogP contribution >= 0.6 is 22.7 Å². The fourth-order valence-corrected chi connectivity index (χ4v) is 7.61. The van der Waals surface area contributed by atoms with Crippen molar-refractivity contribution in [2.24, 2.45) is 0 Å². The van der Waals surface area contributed by atoms with Gasteiger partial charge in [0.05, 0.1) is 16.8 Å². The minimum Gasteiger partial charge on any atom is -1.00 e. The van der Waals surface area contributed by atoms with Gasteiger partial charge in [-0.25, -0.2) is 4.79 Å². The highest BCUT2D eigenvalue weighted by molar-refractivity contribution is 7.12. The van der Waals surface area contributed by atoms with E-state index in [9.17, 15) is 9.90 Å². The minimum absolute atomic E-state index is 0. The number of hydrogen-bond donors (Lipinski definition) is 1. The third-order valence-corrected chi connectivity index (χ3v) is 9.49. The normalized spacial score (nSPS) is 32.0. The van der Waals surface area contributed by atoms with Crippen molar-refractivity contribution in [1.82, 2.24) is 0 Å². The van der Waals surface area contributed by atoms with Crippen LogP contribution in [-0.2, 0) is 26.4 Å². The van der Waals surface area contributed by atoms with E-state index in [1.807, 2.05) is 29.0 Å². The van der Waals surface area contributed by atoms with E-state index in [0.717, 1.165) is 23.9 Å². The summed E-state index contributed by atoms with van der Waals surface area (Å²) < 4.78 is 13.0. The molecule has 33 heavy (non-hydrogen) atoms. The van der Waals surface area contributed by atoms with Gasteiger partial charge in [0.15, 0.2) is 0 Å². The van der Waals surface area contributed by atoms with Crippen LogP contribution in [0.4, 0.5) is 0 Å². The maximum atomic E-state index is 13.4. The van der Waals surface area contributed by atoms with E-state index in [4.69, 9.17) is 9.47 Å². The van der Waals surface area contributed by atoms with Crippen LogP contribution in [0.2, 0.25) is 0 Å². The summed E-state index contributed by atoms with van der Waals surface area (Å²) in [5.74, 6) is -0.569. The van der Waals surface area contributed by atoms with E-state index in [1.165, 1.54) is 28.2 Å². The number of ether oxygens (including phenoxy) is 2. The highest BCUT2D eigenvalue weighted by Crippen LogP contribution is 2.53. The molecule has 2 bridgehead atoms. The first-order valence-electron chi connectivity index (χ1n) is 11.1. The van der Waals surface area contributed by atoms with Gasteiger partial charge in [-0.3, -0.25) is 0 Å². The molecule has 0 saturated carbocycles. The van der Waals surface area contributed by atoms with E-state index in [0.29, 0.717) is 21.8 Å². The molecule has 0 aliphatic carbocycles. The van der Waals surface area contributed by atoms with E-state index in [1.54, 1.807) is 12.1 Å². The summed E-state index contributed by atoms with van der Waals surface area (Å²) >= 11 is 2.75. The van der Waals surface area contributed by atoms with Crippen LogP contribution in [0.1, 0.15) is 28.2 Å². The number of likely N-dealkylation sites (N-methyl/N-ethyl adjacent to an activating group) is 1. The Morgan fingerprint density at radius 3 is 2.12 bits per heavy atom. The molecule has 5 heterocycles. The number of benzene rings is 1. The van der Waals surface area contributed by atoms with Gasteiger partial charge in [0.1, 0.15) is 36.9 Å². The molecule has 4 unspecified atom stereocenters. The molecule has 3 aliphatic rings. The van der Waals surface area contributed by atoms with Crippen molar-refractivity contribution in [3.63, 3.8) is 0 Å². The third kappa shape index (κ3) is 3.72. The number of rotatable bonds is 6. The summed E-state index contributed by atoms with van der Waals surface area (Å²) in [7, 11) is 2.32. The molecule has 2 aromatic heterocycles. The molecule has 1 N–H and O–H groups in total. The van der Waals surface area contributed by atoms with Crippen LogP contribution in [0.15, 0.2) is 65.4 Å². The van der Waals surface area contributed by atoms with Crippen LogP contribution in [0.5, 0.6) is 0 Å². The van der Waals surface area contributed by atoms with Gasteiger partial charge in [-0.15, -0.1) is 22.7 Å². The Morgan fingerprint density at radius 2 is 1.61 bits per heavy atom. The zero-order valence-electron chi connectivity index (χ0n) is 18.2. The quantitative estimate of drug-likeness (QED) is 0.283. The molecule has 3 saturated heterocycles. The Balaban J connectivity index is 0.00000228. The summed E-state index contributed by atoms with van der Waals surface area (Å²) in [5.41, 5.74) is -0.424. The van der Waals surface area contributed by atoms with Gasteiger partial charge in [0.2, 0.25) is 5.60 Å². The largest absolute Gasteiger partial charge is 1.00 e. The number of carbonyl (C=O) groups is 1. The molecule has 0 radical (unpaired) electrons. The van der Waals surface area contributed by atoms with Gasteiger partial charge in [-0.05, 0) is 22.9 Å². The van der Waals surface area contributed by atoms with Crippen LogP contribution in [0.3, 0.4) is 0 Å². The Kier molecular flexibility index (Phi) is 6.04. The number of nitrogens with zero attached hydrogens (tertiary/aromatic N) is 1. The van der Waals surface area contributed by atoms with E-state index >= 15 is 0 Å². The second-order valence-electron chi connectivity index (χ2n) is 9.35. The van der Waals surface area contributed by atoms with Gasteiger partial charge in [0.25, 0.3) is 0 Å². The number of esters is 1. The molecular weight excluding hydrogens is 522 g/mol. The standard InChI is InChI=1S/C25H26NO4S2.BrH/c1-26(15-16-7-3-2-4-8-16)18-13-17(14-19(26)23-22(18)30-23)29-24(27)25(28,20-9-5-11-31-20)21-10-6-12-32-21;/h2-12,17-19,22-23,28H,13-15H2,1H3;1H/q+1;/p-1. The van der Waals surface area contributed by atoms with Crippen LogP contribution in [-0.4, -0.2) is 53.0 Å². The summed E-state index contributed by atoms with van der Waals surface area (Å²) in [6, 6.07) is 18.5. The lowest BCUT2D eigenvalue weighted by atomic mass is 9.93. The van der Waals surface area contributed by atoms with E-state index in [-0.39, 0.29) is 35.3 Å². The van der Waals surface area contributed by atoms with Crippen LogP contribution < -0.4 is 17.0 Å². The SMILES string of the molecule is C[N+]1(Cc2ccccc2)C2CC(OC(=O)C(O)(c3cccs3)c3cccs3)CC1C1OC12.[Br-]. The third-order valence-electron chi connectivity index (χ3n) is 7.53. The summed E-state index contributed by atoms with van der Waals surface area (Å²) in [6.07, 6.45) is 1.83. The number of halogens is 1. The van der Waals surface area contributed by atoms with Crippen molar-refractivity contribution >= 4 is 28.6 Å². The molecule has 0 spiro atoms. The van der Waals surface area contributed by atoms with Crippen molar-refractivity contribution < 1.29 is 40.8 Å². The monoisotopic (exact) mass is 547 g/mol. The predicted molar refractivity (Wildman–Crippen MR) is 123 cm³/mol. The molecule has 8 heteroatoms. The zero-order chi connectivity index (χ0) is 21.9. The summed E-state index contributed by atoms with van der Waals surface area (Å²) in [4.78, 5) is 14.6. The molecule has 1 aromatic carbocycles. The average Bonchev–Trinajstić information content (AvgIpc) is 3.12. The molecule has 3 fully saturated rings. The van der Waals surface area contributed by atoms with Crippen LogP contribution in [0.25, 0.3) is 0 Å². The second-order valence-corrected chi connectivity index (χ2v) is 11.2. The van der Waals surface area contributed by atoms with Gasteiger partial charge in [-0.1, -0.05) is 42.5 Å². The summed E-state index contributed by atoms with van der Waals surface area (Å²) in [6.45, 7) is 0.960. The second kappa shape index (κ2) is 8.59. The van der Waals surface area contributed by atoms with Gasteiger partial charge in [0, 0.05) is 18.4 Å². The molecule has 3 aromatic rings. The van der Waals surface area contributed by atoms with Gasteiger partial charge >= 0.3 is 5.97 Å². The number of epoxide rings is 1. The lowest BCUT2D eigenvalue weighted by Crippen LogP contribution is -3.00. The number of hydrogen-bond acceptors (Lipinski definition) is 6. The molecule has 5 nitrogen and oxygen atoms in total. The van der Waals surface area contributed by atoms with Crippen molar-refractivity contribution in [3.05, 3.63) is 80.7 Å². The maximum Gasteiger partial charge on any atom is 0.349 e. The minimum atomic E-state index is -1.75. The van der Waals surface area contributed by atoms with E-state index < -0.39 is 11.6 Å². The molecule has 174 valence electrons. The van der Waals surface area contributed by atoms with Crippen molar-refractivity contribution in [2.75, 3.05) is 7.05 Å². The first-order valence-corrected chi connectivity index (χ1v) is 12.8. The van der Waals surface area contributed by atoms with Crippen molar-refractivity contribution in [3.8, 4) is 0 Å². The smallest absolute Gasteiger partial charge is 0.349 e. The Morgan fingerprint density at radius 1 is 1.03 bits per heavy atom. The lowest BCUT2D eigenvalue weighted by molar-refractivity contribution is -0.968. The predicted octanol–water partition coefficient (Wildman–Crippen LogP) is 0.920. The van der Waals surface area contributed by atoms with Gasteiger partial charge in [-0.2, -0.15) is 0 Å². The number of quaternary nitrogens is 1. The zero-order valence-corrected chi connectivity index (χ0v) is 21.4. The highest BCUT2D eigenvalue weighted by atomic mass is 79.9. The Labute approximate surface area is 211 Å². The number of aliphatic hydroxyl groups is 1.